The molecule has 0 radical (unpaired) electrons. The summed E-state index contributed by atoms with van der Waals surface area (Å²) in [5, 5.41) is 14.4. The topological polar surface area (TPSA) is 75.6 Å². The molecular formula is C23H24ClN5OS. The van der Waals surface area contributed by atoms with Gasteiger partial charge < -0.3 is 10.3 Å². The van der Waals surface area contributed by atoms with Gasteiger partial charge in [-0.1, -0.05) is 55.4 Å². The molecule has 2 aromatic heterocycles. The number of carbonyl (C=O) groups is 1. The van der Waals surface area contributed by atoms with Crippen molar-refractivity contribution in [3.63, 3.8) is 0 Å². The average molecular weight is 454 g/mol. The molecule has 0 spiro atoms. The number of thioether (sulfide) groups is 1. The summed E-state index contributed by atoms with van der Waals surface area (Å²) in [6.07, 6.45) is 3.77. The number of para-hydroxylation sites is 1. The number of amides is 1. The van der Waals surface area contributed by atoms with Gasteiger partial charge in [0, 0.05) is 39.4 Å². The molecule has 0 saturated carbocycles. The van der Waals surface area contributed by atoms with Gasteiger partial charge >= 0.3 is 0 Å². The van der Waals surface area contributed by atoms with Crippen molar-refractivity contribution in [1.82, 2.24) is 25.1 Å². The summed E-state index contributed by atoms with van der Waals surface area (Å²) in [4.78, 5) is 15.7. The minimum Gasteiger partial charge on any atom is -0.360 e. The summed E-state index contributed by atoms with van der Waals surface area (Å²) >= 11 is 7.48. The first-order chi connectivity index (χ1) is 15.1. The van der Waals surface area contributed by atoms with E-state index in [-0.39, 0.29) is 17.7 Å². The van der Waals surface area contributed by atoms with Gasteiger partial charge in [0.25, 0.3) is 0 Å². The van der Waals surface area contributed by atoms with E-state index < -0.39 is 0 Å². The molecule has 0 bridgehead atoms. The fraction of sp³-hybridized carbons (Fsp3) is 0.261. The minimum atomic E-state index is -0.00185. The smallest absolute Gasteiger partial charge is 0.230 e. The van der Waals surface area contributed by atoms with Crippen molar-refractivity contribution in [2.24, 2.45) is 0 Å². The third-order valence-electron chi connectivity index (χ3n) is 5.23. The molecule has 0 atom stereocenters. The van der Waals surface area contributed by atoms with Crippen molar-refractivity contribution in [3.8, 4) is 17.1 Å². The van der Waals surface area contributed by atoms with E-state index in [0.717, 1.165) is 35.0 Å². The highest BCUT2D eigenvalue weighted by Crippen LogP contribution is 2.32. The highest BCUT2D eigenvalue weighted by atomic mass is 35.5. The lowest BCUT2D eigenvalue weighted by atomic mass is 10.1. The molecule has 0 aliphatic carbocycles. The van der Waals surface area contributed by atoms with Gasteiger partial charge in [-0.2, -0.15) is 0 Å². The Morgan fingerprint density at radius 2 is 1.87 bits per heavy atom. The average Bonchev–Trinajstić information content (AvgIpc) is 3.40. The Labute approximate surface area is 190 Å². The number of aromatic amines is 1. The van der Waals surface area contributed by atoms with Crippen LogP contribution in [0.1, 0.15) is 26.7 Å². The lowest BCUT2D eigenvalue weighted by Crippen LogP contribution is -2.35. The number of hydrogen-bond donors (Lipinski definition) is 2. The Hall–Kier alpha value is -2.77. The van der Waals surface area contributed by atoms with E-state index in [2.05, 4.69) is 40.4 Å². The summed E-state index contributed by atoms with van der Waals surface area (Å²) in [5.41, 5.74) is 2.87. The molecule has 2 heterocycles. The highest BCUT2D eigenvalue weighted by Gasteiger charge is 2.20. The number of nitrogens with one attached hydrogen (secondary N) is 2. The fourth-order valence-electron chi connectivity index (χ4n) is 3.51. The quantitative estimate of drug-likeness (QED) is 0.347. The molecular weight excluding hydrogens is 430 g/mol. The van der Waals surface area contributed by atoms with Gasteiger partial charge in [0.1, 0.15) is 0 Å². The monoisotopic (exact) mass is 453 g/mol. The number of H-pyrrole nitrogens is 1. The zero-order chi connectivity index (χ0) is 21.8. The molecule has 0 aliphatic heterocycles. The van der Waals surface area contributed by atoms with Crippen molar-refractivity contribution in [1.29, 1.82) is 0 Å². The predicted molar refractivity (Wildman–Crippen MR) is 127 cm³/mol. The molecule has 2 N–H and O–H groups in total. The first-order valence-electron chi connectivity index (χ1n) is 10.3. The van der Waals surface area contributed by atoms with Crippen molar-refractivity contribution >= 4 is 40.2 Å². The highest BCUT2D eigenvalue weighted by molar-refractivity contribution is 7.99. The summed E-state index contributed by atoms with van der Waals surface area (Å²) < 4.78 is 1.97. The number of benzene rings is 2. The Kier molecular flexibility index (Phi) is 6.63. The Balaban J connectivity index is 1.69. The van der Waals surface area contributed by atoms with Gasteiger partial charge in [-0.3, -0.25) is 9.36 Å². The lowest BCUT2D eigenvalue weighted by Gasteiger charge is -2.14. The van der Waals surface area contributed by atoms with Crippen LogP contribution in [0.25, 0.3) is 28.0 Å². The summed E-state index contributed by atoms with van der Waals surface area (Å²) in [5.74, 6) is 0.983. The van der Waals surface area contributed by atoms with E-state index in [4.69, 9.17) is 11.6 Å². The Bertz CT molecular complexity index is 1180. The fourth-order valence-corrected chi connectivity index (χ4v) is 4.40. The molecule has 8 heteroatoms. The largest absolute Gasteiger partial charge is 0.360 e. The van der Waals surface area contributed by atoms with Crippen LogP contribution >= 0.6 is 23.4 Å². The summed E-state index contributed by atoms with van der Waals surface area (Å²) in [7, 11) is 0. The van der Waals surface area contributed by atoms with Crippen molar-refractivity contribution in [2.45, 2.75) is 37.9 Å². The lowest BCUT2D eigenvalue weighted by molar-refractivity contribution is -0.119. The zero-order valence-electron chi connectivity index (χ0n) is 17.4. The van der Waals surface area contributed by atoms with Crippen LogP contribution in [0.3, 0.4) is 0 Å². The Morgan fingerprint density at radius 3 is 2.61 bits per heavy atom. The number of fused-ring (bicyclic) bond motifs is 1. The number of carbonyl (C=O) groups excluding carboxylic acids is 1. The van der Waals surface area contributed by atoms with Crippen LogP contribution < -0.4 is 5.32 Å². The summed E-state index contributed by atoms with van der Waals surface area (Å²) in [6.45, 7) is 4.15. The predicted octanol–water partition coefficient (Wildman–Crippen LogP) is 5.47. The third-order valence-corrected chi connectivity index (χ3v) is 6.41. The van der Waals surface area contributed by atoms with Crippen LogP contribution in [-0.2, 0) is 4.79 Å². The van der Waals surface area contributed by atoms with E-state index in [1.807, 2.05) is 53.2 Å². The zero-order valence-corrected chi connectivity index (χ0v) is 19.0. The molecule has 0 aliphatic rings. The SMILES string of the molecule is CCC(CC)NC(=O)CSc1nnc(-c2c[nH]c3ccccc23)n1-c1ccc(Cl)cc1. The first kappa shape index (κ1) is 21.5. The standard InChI is InChI=1S/C23H24ClN5OS/c1-3-16(4-2)26-21(30)14-31-23-28-27-22(29(23)17-11-9-15(24)10-12-17)19-13-25-20-8-6-5-7-18(19)20/h5-13,16,25H,3-4,14H2,1-2H3,(H,26,30). The van der Waals surface area contributed by atoms with Gasteiger partial charge in [-0.15, -0.1) is 10.2 Å². The van der Waals surface area contributed by atoms with Gasteiger partial charge in [-0.05, 0) is 43.2 Å². The maximum Gasteiger partial charge on any atom is 0.230 e. The van der Waals surface area contributed by atoms with Crippen molar-refractivity contribution < 1.29 is 4.79 Å². The van der Waals surface area contributed by atoms with Gasteiger partial charge in [0.2, 0.25) is 5.91 Å². The number of nitrogens with zero attached hydrogens (tertiary/aromatic N) is 3. The molecule has 1 amide bonds. The number of halogens is 1. The van der Waals surface area contributed by atoms with Gasteiger partial charge in [-0.25, -0.2) is 0 Å². The van der Waals surface area contributed by atoms with Crippen LogP contribution in [0.4, 0.5) is 0 Å². The van der Waals surface area contributed by atoms with Crippen molar-refractivity contribution in [2.75, 3.05) is 5.75 Å². The number of aromatic nitrogens is 4. The maximum atomic E-state index is 12.4. The molecule has 0 unspecified atom stereocenters. The second-order valence-electron chi connectivity index (χ2n) is 7.24. The van der Waals surface area contributed by atoms with Crippen LogP contribution in [0.5, 0.6) is 0 Å². The van der Waals surface area contributed by atoms with E-state index >= 15 is 0 Å². The molecule has 6 nitrogen and oxygen atoms in total. The molecule has 4 aromatic rings. The van der Waals surface area contributed by atoms with E-state index in [1.165, 1.54) is 11.8 Å². The number of hydrogen-bond acceptors (Lipinski definition) is 4. The van der Waals surface area contributed by atoms with Gasteiger partial charge in [0.05, 0.1) is 5.75 Å². The minimum absolute atomic E-state index is 0.00185. The molecule has 160 valence electrons. The van der Waals surface area contributed by atoms with Crippen molar-refractivity contribution in [3.05, 3.63) is 59.8 Å². The molecule has 31 heavy (non-hydrogen) atoms. The van der Waals surface area contributed by atoms with Crippen LogP contribution in [-0.4, -0.2) is 37.5 Å². The van der Waals surface area contributed by atoms with Crippen LogP contribution in [0.2, 0.25) is 5.02 Å². The number of rotatable bonds is 8. The summed E-state index contributed by atoms with van der Waals surface area (Å²) in [6, 6.07) is 15.8. The van der Waals surface area contributed by atoms with E-state index in [0.29, 0.717) is 16.0 Å². The Morgan fingerprint density at radius 1 is 1.13 bits per heavy atom. The second-order valence-corrected chi connectivity index (χ2v) is 8.61. The van der Waals surface area contributed by atoms with Crippen LogP contribution in [0.15, 0.2) is 59.9 Å². The normalized spacial score (nSPS) is 11.4. The first-order valence-corrected chi connectivity index (χ1v) is 11.7. The van der Waals surface area contributed by atoms with Gasteiger partial charge in [0.15, 0.2) is 11.0 Å². The molecule has 2 aromatic carbocycles. The van der Waals surface area contributed by atoms with E-state index in [1.54, 1.807) is 0 Å². The van der Waals surface area contributed by atoms with E-state index in [9.17, 15) is 4.79 Å². The molecule has 0 fully saturated rings. The maximum absolute atomic E-state index is 12.4. The second kappa shape index (κ2) is 9.58. The molecule has 0 saturated heterocycles. The van der Waals surface area contributed by atoms with Crippen LogP contribution in [0, 0.1) is 0 Å². The third kappa shape index (κ3) is 4.62. The molecule has 4 rings (SSSR count).